The van der Waals surface area contributed by atoms with Crippen molar-refractivity contribution < 1.29 is 37.0 Å². The molecule has 172 valence electrons. The van der Waals surface area contributed by atoms with Crippen molar-refractivity contribution in [3.63, 3.8) is 0 Å². The monoisotopic (exact) mass is 451 g/mol. The second-order valence-corrected chi connectivity index (χ2v) is 7.43. The minimum atomic E-state index is -4.45. The lowest BCUT2D eigenvalue weighted by Crippen LogP contribution is -2.40. The van der Waals surface area contributed by atoms with Crippen LogP contribution in [0.25, 0.3) is 0 Å². The number of ether oxygens (including phenoxy) is 3. The molecule has 32 heavy (non-hydrogen) atoms. The standard InChI is InChI=1S/C23H24F3NO5/c1-30-19-7-8-20(31-2)17(13-19)14-32-22(29)16-9-11-27(12-10-16)21(28)15-3-5-18(6-4-15)23(24,25)26/h3-8,13,16H,9-12,14H2,1-2H3. The van der Waals surface area contributed by atoms with Crippen molar-refractivity contribution in [1.82, 2.24) is 4.90 Å². The number of esters is 1. The highest BCUT2D eigenvalue weighted by Gasteiger charge is 2.32. The first-order valence-electron chi connectivity index (χ1n) is 10.1. The van der Waals surface area contributed by atoms with Crippen molar-refractivity contribution in [3.8, 4) is 11.5 Å². The number of alkyl halides is 3. The maximum absolute atomic E-state index is 12.7. The molecule has 2 aromatic carbocycles. The third kappa shape index (κ3) is 5.52. The molecular weight excluding hydrogens is 427 g/mol. The lowest BCUT2D eigenvalue weighted by atomic mass is 9.96. The molecule has 0 aromatic heterocycles. The average Bonchev–Trinajstić information content (AvgIpc) is 2.81. The Morgan fingerprint density at radius 1 is 1.00 bits per heavy atom. The van der Waals surface area contributed by atoms with Crippen LogP contribution in [0.5, 0.6) is 11.5 Å². The Morgan fingerprint density at radius 3 is 2.22 bits per heavy atom. The van der Waals surface area contributed by atoms with Crippen molar-refractivity contribution in [2.45, 2.75) is 25.6 Å². The number of carbonyl (C=O) groups excluding carboxylic acids is 2. The van der Waals surface area contributed by atoms with Crippen LogP contribution >= 0.6 is 0 Å². The molecular formula is C23H24F3NO5. The molecule has 9 heteroatoms. The topological polar surface area (TPSA) is 65.1 Å². The molecule has 6 nitrogen and oxygen atoms in total. The van der Waals surface area contributed by atoms with Crippen LogP contribution in [-0.2, 0) is 22.3 Å². The van der Waals surface area contributed by atoms with Gasteiger partial charge in [-0.25, -0.2) is 0 Å². The van der Waals surface area contributed by atoms with E-state index in [1.165, 1.54) is 31.3 Å². The van der Waals surface area contributed by atoms with Gasteiger partial charge in [0.2, 0.25) is 0 Å². The SMILES string of the molecule is COc1ccc(OC)c(COC(=O)C2CCN(C(=O)c3ccc(C(F)(F)F)cc3)CC2)c1. The molecule has 1 fully saturated rings. The second-order valence-electron chi connectivity index (χ2n) is 7.43. The van der Waals surface area contributed by atoms with Crippen molar-refractivity contribution in [2.75, 3.05) is 27.3 Å². The molecule has 1 aliphatic rings. The molecule has 3 rings (SSSR count). The molecule has 0 spiro atoms. The normalized spacial score (nSPS) is 14.7. The molecule has 1 heterocycles. The van der Waals surface area contributed by atoms with Gasteiger partial charge in [-0.2, -0.15) is 13.2 Å². The van der Waals surface area contributed by atoms with E-state index in [1.807, 2.05) is 0 Å². The first-order valence-corrected chi connectivity index (χ1v) is 10.1. The maximum atomic E-state index is 12.7. The number of hydrogen-bond acceptors (Lipinski definition) is 5. The largest absolute Gasteiger partial charge is 0.497 e. The first kappa shape index (κ1) is 23.4. The zero-order valence-corrected chi connectivity index (χ0v) is 17.8. The van der Waals surface area contributed by atoms with Gasteiger partial charge in [0.1, 0.15) is 18.1 Å². The van der Waals surface area contributed by atoms with Gasteiger partial charge in [0.15, 0.2) is 0 Å². The Morgan fingerprint density at radius 2 is 1.66 bits per heavy atom. The van der Waals surface area contributed by atoms with Gasteiger partial charge >= 0.3 is 12.1 Å². The number of amides is 1. The fourth-order valence-electron chi connectivity index (χ4n) is 3.56. The number of carbonyl (C=O) groups is 2. The predicted octanol–water partition coefficient (Wildman–Crippen LogP) is 4.32. The Labute approximate surface area is 183 Å². The number of methoxy groups -OCH3 is 2. The minimum absolute atomic E-state index is 0.0317. The first-order chi connectivity index (χ1) is 15.2. The van der Waals surface area contributed by atoms with E-state index in [0.29, 0.717) is 43.0 Å². The third-order valence-corrected chi connectivity index (χ3v) is 5.43. The van der Waals surface area contributed by atoms with Crippen LogP contribution < -0.4 is 9.47 Å². The van der Waals surface area contributed by atoms with Gasteiger partial charge in [0.05, 0.1) is 25.7 Å². The minimum Gasteiger partial charge on any atom is -0.497 e. The van der Waals surface area contributed by atoms with E-state index < -0.39 is 11.7 Å². The van der Waals surface area contributed by atoms with Gasteiger partial charge in [-0.3, -0.25) is 9.59 Å². The summed E-state index contributed by atoms with van der Waals surface area (Å²) in [5.41, 5.74) is 0.0578. The van der Waals surface area contributed by atoms with E-state index in [1.54, 1.807) is 18.2 Å². The fraction of sp³-hybridized carbons (Fsp3) is 0.391. The second kappa shape index (κ2) is 9.93. The maximum Gasteiger partial charge on any atom is 0.416 e. The quantitative estimate of drug-likeness (QED) is 0.612. The Balaban J connectivity index is 1.53. The average molecular weight is 451 g/mol. The lowest BCUT2D eigenvalue weighted by Gasteiger charge is -2.31. The Bertz CT molecular complexity index is 951. The molecule has 0 atom stereocenters. The summed E-state index contributed by atoms with van der Waals surface area (Å²) in [6.07, 6.45) is -3.61. The smallest absolute Gasteiger partial charge is 0.416 e. The summed E-state index contributed by atoms with van der Waals surface area (Å²) in [6.45, 7) is 0.675. The summed E-state index contributed by atoms with van der Waals surface area (Å²) < 4.78 is 54.0. The third-order valence-electron chi connectivity index (χ3n) is 5.43. The van der Waals surface area contributed by atoms with Gasteiger partial charge in [-0.1, -0.05) is 0 Å². The molecule has 0 N–H and O–H groups in total. The van der Waals surface area contributed by atoms with E-state index >= 15 is 0 Å². The molecule has 0 aliphatic carbocycles. The zero-order chi connectivity index (χ0) is 23.3. The van der Waals surface area contributed by atoms with E-state index in [2.05, 4.69) is 0 Å². The highest BCUT2D eigenvalue weighted by Crippen LogP contribution is 2.30. The predicted molar refractivity (Wildman–Crippen MR) is 109 cm³/mol. The van der Waals surface area contributed by atoms with E-state index in [4.69, 9.17) is 14.2 Å². The van der Waals surface area contributed by atoms with E-state index in [0.717, 1.165) is 12.1 Å². The molecule has 0 radical (unpaired) electrons. The number of halogens is 3. The highest BCUT2D eigenvalue weighted by atomic mass is 19.4. The number of likely N-dealkylation sites (tertiary alicyclic amines) is 1. The number of rotatable bonds is 6. The van der Waals surface area contributed by atoms with Crippen LogP contribution in [0.4, 0.5) is 13.2 Å². The molecule has 1 amide bonds. The van der Waals surface area contributed by atoms with Crippen LogP contribution in [0, 0.1) is 5.92 Å². The van der Waals surface area contributed by atoms with Gasteiger partial charge in [-0.05, 0) is 55.3 Å². The Kier molecular flexibility index (Phi) is 7.27. The zero-order valence-electron chi connectivity index (χ0n) is 17.8. The van der Waals surface area contributed by atoms with E-state index in [9.17, 15) is 22.8 Å². The van der Waals surface area contributed by atoms with Crippen molar-refractivity contribution in [1.29, 1.82) is 0 Å². The number of hydrogen-bond donors (Lipinski definition) is 0. The van der Waals surface area contributed by atoms with Crippen LogP contribution in [0.3, 0.4) is 0 Å². The number of piperidine rings is 1. The van der Waals surface area contributed by atoms with Crippen LogP contribution in [0.15, 0.2) is 42.5 Å². The van der Waals surface area contributed by atoms with E-state index in [-0.39, 0.29) is 30.0 Å². The van der Waals surface area contributed by atoms with Gasteiger partial charge in [0.25, 0.3) is 5.91 Å². The summed E-state index contributed by atoms with van der Waals surface area (Å²) in [7, 11) is 3.06. The molecule has 0 bridgehead atoms. The fourth-order valence-corrected chi connectivity index (χ4v) is 3.56. The molecule has 0 unspecified atom stereocenters. The Hall–Kier alpha value is -3.23. The summed E-state index contributed by atoms with van der Waals surface area (Å²) >= 11 is 0. The van der Waals surface area contributed by atoms with Crippen molar-refractivity contribution >= 4 is 11.9 Å². The van der Waals surface area contributed by atoms with Gasteiger partial charge < -0.3 is 19.1 Å². The van der Waals surface area contributed by atoms with Crippen molar-refractivity contribution in [2.24, 2.45) is 5.92 Å². The van der Waals surface area contributed by atoms with Crippen molar-refractivity contribution in [3.05, 3.63) is 59.2 Å². The van der Waals surface area contributed by atoms with Gasteiger partial charge in [0, 0.05) is 24.2 Å². The number of nitrogens with zero attached hydrogens (tertiary/aromatic N) is 1. The van der Waals surface area contributed by atoms with Crippen LogP contribution in [0.2, 0.25) is 0 Å². The van der Waals surface area contributed by atoms with Crippen LogP contribution in [-0.4, -0.2) is 44.1 Å². The summed E-state index contributed by atoms with van der Waals surface area (Å²) in [5.74, 6) is 0.119. The summed E-state index contributed by atoms with van der Waals surface area (Å²) in [6, 6.07) is 9.34. The highest BCUT2D eigenvalue weighted by molar-refractivity contribution is 5.94. The lowest BCUT2D eigenvalue weighted by molar-refractivity contribution is -0.151. The number of benzene rings is 2. The van der Waals surface area contributed by atoms with Crippen LogP contribution in [0.1, 0.15) is 34.3 Å². The molecule has 2 aromatic rings. The summed E-state index contributed by atoms with van der Waals surface area (Å²) in [4.78, 5) is 26.6. The molecule has 1 saturated heterocycles. The molecule has 1 aliphatic heterocycles. The summed E-state index contributed by atoms with van der Waals surface area (Å²) in [5, 5.41) is 0. The molecule has 0 saturated carbocycles. The van der Waals surface area contributed by atoms with Gasteiger partial charge in [-0.15, -0.1) is 0 Å².